The molecule has 2 heterocycles. The van der Waals surface area contributed by atoms with E-state index in [-0.39, 0.29) is 35.5 Å². The Morgan fingerprint density at radius 1 is 0.774 bits per heavy atom. The van der Waals surface area contributed by atoms with Crippen molar-refractivity contribution in [1.29, 1.82) is 0 Å². The van der Waals surface area contributed by atoms with Crippen molar-refractivity contribution in [2.45, 2.75) is 18.8 Å². The smallest absolute Gasteiger partial charge is 0.240 e. The first kappa shape index (κ1) is 17.4. The van der Waals surface area contributed by atoms with Gasteiger partial charge in [-0.25, -0.2) is 9.88 Å². The number of anilines is 1. The van der Waals surface area contributed by atoms with Gasteiger partial charge >= 0.3 is 0 Å². The highest BCUT2D eigenvalue weighted by Crippen LogP contribution is 2.61. The molecular weight excluding hydrogens is 404 g/mol. The second kappa shape index (κ2) is 5.89. The van der Waals surface area contributed by atoms with Gasteiger partial charge in [0.05, 0.1) is 22.1 Å². The monoisotopic (exact) mass is 422 g/mol. The zero-order valence-electron chi connectivity index (χ0n) is 16.8. The van der Waals surface area contributed by atoms with Crippen molar-refractivity contribution in [3.63, 3.8) is 0 Å². The van der Waals surface area contributed by atoms with E-state index in [0.29, 0.717) is 5.13 Å². The van der Waals surface area contributed by atoms with E-state index >= 15 is 0 Å². The number of benzene rings is 3. The number of fused-ring (bicyclic) bond motifs is 1. The predicted molar refractivity (Wildman–Crippen MR) is 120 cm³/mol. The number of rotatable bonds is 1. The van der Waals surface area contributed by atoms with Crippen LogP contribution in [0.15, 0.2) is 66.7 Å². The third-order valence-corrected chi connectivity index (χ3v) is 8.18. The summed E-state index contributed by atoms with van der Waals surface area (Å²) in [4.78, 5) is 33.6. The molecule has 4 nitrogen and oxygen atoms in total. The maximum absolute atomic E-state index is 13.8. The number of aromatic nitrogens is 1. The molecule has 1 aromatic heterocycles. The zero-order chi connectivity index (χ0) is 20.9. The Balaban J connectivity index is 1.42. The number of hydrogen-bond acceptors (Lipinski definition) is 4. The Kier molecular flexibility index (Phi) is 3.30. The van der Waals surface area contributed by atoms with Gasteiger partial charge in [0.1, 0.15) is 0 Å². The lowest BCUT2D eigenvalue weighted by Gasteiger charge is -2.45. The van der Waals surface area contributed by atoms with Crippen molar-refractivity contribution in [3.8, 4) is 0 Å². The van der Waals surface area contributed by atoms with Gasteiger partial charge in [-0.15, -0.1) is 0 Å². The predicted octanol–water partition coefficient (Wildman–Crippen LogP) is 5.00. The molecule has 1 aliphatic heterocycles. The lowest BCUT2D eigenvalue weighted by molar-refractivity contribution is -0.122. The van der Waals surface area contributed by atoms with Gasteiger partial charge in [-0.05, 0) is 46.9 Å². The average molecular weight is 423 g/mol. The minimum absolute atomic E-state index is 0.0829. The molecule has 150 valence electrons. The van der Waals surface area contributed by atoms with Crippen LogP contribution in [0.25, 0.3) is 10.2 Å². The highest BCUT2D eigenvalue weighted by Gasteiger charge is 2.62. The molecule has 31 heavy (non-hydrogen) atoms. The van der Waals surface area contributed by atoms with Crippen LogP contribution in [0.3, 0.4) is 0 Å². The van der Waals surface area contributed by atoms with Crippen molar-refractivity contribution >= 4 is 38.5 Å². The quantitative estimate of drug-likeness (QED) is 0.406. The fourth-order valence-electron chi connectivity index (χ4n) is 5.98. The molecule has 3 aliphatic carbocycles. The van der Waals surface area contributed by atoms with E-state index in [1.807, 2.05) is 43.3 Å². The molecule has 0 unspecified atom stereocenters. The first-order valence-electron chi connectivity index (χ1n) is 10.6. The summed E-state index contributed by atoms with van der Waals surface area (Å²) in [6.45, 7) is 2.03. The van der Waals surface area contributed by atoms with Crippen LogP contribution in [0.4, 0.5) is 5.13 Å². The van der Waals surface area contributed by atoms with E-state index in [9.17, 15) is 9.59 Å². The summed E-state index contributed by atoms with van der Waals surface area (Å²) in [6, 6.07) is 22.7. The van der Waals surface area contributed by atoms with E-state index in [1.165, 1.54) is 38.5 Å². The molecule has 4 aliphatic rings. The second-order valence-electron chi connectivity index (χ2n) is 8.74. The molecule has 1 saturated heterocycles. The van der Waals surface area contributed by atoms with E-state index in [1.54, 1.807) is 0 Å². The minimum atomic E-state index is -0.365. The third kappa shape index (κ3) is 2.12. The van der Waals surface area contributed by atoms with Crippen LogP contribution >= 0.6 is 11.3 Å². The van der Waals surface area contributed by atoms with Crippen molar-refractivity contribution in [1.82, 2.24) is 4.98 Å². The third-order valence-electron chi connectivity index (χ3n) is 7.17. The van der Waals surface area contributed by atoms with Gasteiger partial charge in [0, 0.05) is 11.8 Å². The summed E-state index contributed by atoms with van der Waals surface area (Å²) in [5, 5.41) is 0.498. The average Bonchev–Trinajstić information content (AvgIpc) is 3.31. The molecule has 4 aromatic rings. The number of aryl methyl sites for hydroxylation is 1. The van der Waals surface area contributed by atoms with Gasteiger partial charge in [-0.2, -0.15) is 0 Å². The van der Waals surface area contributed by atoms with Crippen LogP contribution in [0.5, 0.6) is 0 Å². The van der Waals surface area contributed by atoms with Crippen LogP contribution in [0.1, 0.15) is 39.7 Å². The fraction of sp³-hybridized carbons (Fsp3) is 0.192. The lowest BCUT2D eigenvalue weighted by atomic mass is 9.55. The molecule has 1 fully saturated rings. The van der Waals surface area contributed by atoms with E-state index in [0.717, 1.165) is 15.8 Å². The van der Waals surface area contributed by atoms with Crippen molar-refractivity contribution in [3.05, 3.63) is 94.5 Å². The highest BCUT2D eigenvalue weighted by molar-refractivity contribution is 7.22. The summed E-state index contributed by atoms with van der Waals surface area (Å²) in [6.07, 6.45) is 0. The van der Waals surface area contributed by atoms with Crippen molar-refractivity contribution in [2.75, 3.05) is 4.90 Å². The molecule has 2 atom stereocenters. The summed E-state index contributed by atoms with van der Waals surface area (Å²) in [5.41, 5.74) is 6.73. The first-order valence-corrected chi connectivity index (χ1v) is 11.4. The summed E-state index contributed by atoms with van der Waals surface area (Å²) >= 11 is 1.43. The molecule has 0 spiro atoms. The van der Waals surface area contributed by atoms with Crippen LogP contribution in [0.2, 0.25) is 0 Å². The molecule has 0 radical (unpaired) electrons. The van der Waals surface area contributed by atoms with Crippen LogP contribution in [0, 0.1) is 18.8 Å². The molecule has 2 bridgehead atoms. The lowest BCUT2D eigenvalue weighted by Crippen LogP contribution is -2.41. The maximum Gasteiger partial charge on any atom is 0.240 e. The zero-order valence-corrected chi connectivity index (χ0v) is 17.6. The van der Waals surface area contributed by atoms with Gasteiger partial charge in [0.25, 0.3) is 0 Å². The number of hydrogen-bond donors (Lipinski definition) is 0. The molecule has 2 amide bonds. The number of thiazole rings is 1. The summed E-state index contributed by atoms with van der Waals surface area (Å²) in [7, 11) is 0. The SMILES string of the molecule is Cc1ccc2nc(N3C(=O)[C@H]4C5c6ccccc6C(c6ccccc65)[C@@H]4C3=O)sc2c1. The van der Waals surface area contributed by atoms with Crippen LogP contribution in [-0.4, -0.2) is 16.8 Å². The minimum Gasteiger partial charge on any atom is -0.274 e. The summed E-state index contributed by atoms with van der Waals surface area (Å²) in [5.74, 6) is -1.11. The number of imide groups is 1. The topological polar surface area (TPSA) is 50.3 Å². The van der Waals surface area contributed by atoms with Gasteiger partial charge < -0.3 is 0 Å². The van der Waals surface area contributed by atoms with Gasteiger partial charge in [0.15, 0.2) is 5.13 Å². The van der Waals surface area contributed by atoms with Gasteiger partial charge in [-0.1, -0.05) is 65.9 Å². The second-order valence-corrected chi connectivity index (χ2v) is 9.75. The Bertz CT molecular complexity index is 1320. The number of nitrogens with zero attached hydrogens (tertiary/aromatic N) is 2. The van der Waals surface area contributed by atoms with Crippen molar-refractivity contribution in [2.24, 2.45) is 11.8 Å². The van der Waals surface area contributed by atoms with Gasteiger partial charge in [0.2, 0.25) is 11.8 Å². The molecular formula is C26H18N2O2S. The Labute approximate surface area is 183 Å². The van der Waals surface area contributed by atoms with E-state index in [2.05, 4.69) is 35.3 Å². The van der Waals surface area contributed by atoms with Crippen LogP contribution < -0.4 is 4.90 Å². The summed E-state index contributed by atoms with van der Waals surface area (Å²) < 4.78 is 1.00. The normalized spacial score (nSPS) is 25.6. The van der Waals surface area contributed by atoms with E-state index in [4.69, 9.17) is 0 Å². The largest absolute Gasteiger partial charge is 0.274 e. The van der Waals surface area contributed by atoms with Gasteiger partial charge in [-0.3, -0.25) is 9.59 Å². The molecule has 0 saturated carbocycles. The number of carbonyl (C=O) groups is 2. The Morgan fingerprint density at radius 3 is 1.81 bits per heavy atom. The van der Waals surface area contributed by atoms with E-state index < -0.39 is 0 Å². The Morgan fingerprint density at radius 2 is 1.29 bits per heavy atom. The standard InChI is InChI=1S/C26H18N2O2S/c1-13-10-11-18-19(12-13)31-26(27-18)28-24(29)22-20-14-6-2-3-7-15(14)21(23(22)25(28)30)17-9-5-4-8-16(17)20/h2-12,20-23H,1H3/t20?,21?,22-,23-/m0/s1. The number of carbonyl (C=O) groups excluding carboxylic acids is 2. The maximum atomic E-state index is 13.8. The molecule has 3 aromatic carbocycles. The Hall–Kier alpha value is -3.31. The number of amides is 2. The highest BCUT2D eigenvalue weighted by atomic mass is 32.1. The fourth-order valence-corrected chi connectivity index (χ4v) is 7.06. The molecule has 5 heteroatoms. The first-order chi connectivity index (χ1) is 15.1. The molecule has 0 N–H and O–H groups in total. The van der Waals surface area contributed by atoms with Crippen molar-refractivity contribution < 1.29 is 9.59 Å². The molecule has 8 rings (SSSR count). The van der Waals surface area contributed by atoms with Crippen LogP contribution in [-0.2, 0) is 9.59 Å².